The van der Waals surface area contributed by atoms with Crippen molar-refractivity contribution in [2.24, 2.45) is 0 Å². The monoisotopic (exact) mass is 347 g/mol. The highest BCUT2D eigenvalue weighted by atomic mass is 79.9. The van der Waals surface area contributed by atoms with E-state index in [9.17, 15) is 4.39 Å². The lowest BCUT2D eigenvalue weighted by Crippen LogP contribution is -2.41. The van der Waals surface area contributed by atoms with Crippen molar-refractivity contribution < 1.29 is 4.39 Å². The van der Waals surface area contributed by atoms with Gasteiger partial charge in [-0.1, -0.05) is 46.3 Å². The number of hydrogen-bond donors (Lipinski definition) is 1. The minimum Gasteiger partial charge on any atom is -0.307 e. The van der Waals surface area contributed by atoms with E-state index in [0.29, 0.717) is 18.0 Å². The number of rotatable bonds is 4. The predicted molar refractivity (Wildman–Crippen MR) is 87.9 cm³/mol. The molecule has 3 heteroatoms. The Kier molecular flexibility index (Phi) is 4.41. The maximum atomic E-state index is 13.2. The van der Waals surface area contributed by atoms with Crippen LogP contribution in [0.3, 0.4) is 0 Å². The first kappa shape index (κ1) is 14.7. The molecule has 0 spiro atoms. The van der Waals surface area contributed by atoms with E-state index >= 15 is 0 Å². The smallest absolute Gasteiger partial charge is 0.123 e. The fourth-order valence-electron chi connectivity index (χ4n) is 3.06. The van der Waals surface area contributed by atoms with E-state index in [1.54, 1.807) is 12.1 Å². The van der Waals surface area contributed by atoms with Gasteiger partial charge in [-0.15, -0.1) is 0 Å². The van der Waals surface area contributed by atoms with Gasteiger partial charge in [0.05, 0.1) is 0 Å². The minimum atomic E-state index is -0.134. The standard InChI is InChI=1S/C18H19BrFN/c1-12(17-7-2-3-8-18(17)19)21-16-10-14(11-16)13-5-4-6-15(20)9-13/h2-9,12,14,16,21H,10-11H2,1H3/t12-,14?,16?/m0/s1. The zero-order chi connectivity index (χ0) is 14.8. The van der Waals surface area contributed by atoms with Gasteiger partial charge in [0.15, 0.2) is 0 Å². The maximum absolute atomic E-state index is 13.2. The Morgan fingerprint density at radius 3 is 2.62 bits per heavy atom. The highest BCUT2D eigenvalue weighted by Gasteiger charge is 2.31. The summed E-state index contributed by atoms with van der Waals surface area (Å²) in [5, 5.41) is 3.66. The van der Waals surface area contributed by atoms with E-state index in [-0.39, 0.29) is 5.82 Å². The molecule has 0 saturated heterocycles. The lowest BCUT2D eigenvalue weighted by atomic mass is 9.75. The Morgan fingerprint density at radius 2 is 1.90 bits per heavy atom. The molecule has 1 saturated carbocycles. The molecule has 0 aromatic heterocycles. The summed E-state index contributed by atoms with van der Waals surface area (Å²) in [6.45, 7) is 2.19. The molecule has 1 aliphatic rings. The van der Waals surface area contributed by atoms with Crippen LogP contribution in [-0.4, -0.2) is 6.04 Å². The Labute approximate surface area is 133 Å². The van der Waals surface area contributed by atoms with Gasteiger partial charge < -0.3 is 5.32 Å². The van der Waals surface area contributed by atoms with Gasteiger partial charge in [-0.05, 0) is 55.0 Å². The maximum Gasteiger partial charge on any atom is 0.123 e. The third-order valence-electron chi connectivity index (χ3n) is 4.32. The molecule has 1 N–H and O–H groups in total. The van der Waals surface area contributed by atoms with Crippen LogP contribution in [0.25, 0.3) is 0 Å². The molecule has 1 fully saturated rings. The van der Waals surface area contributed by atoms with E-state index in [0.717, 1.165) is 22.9 Å². The first-order valence-corrected chi connectivity index (χ1v) is 8.18. The highest BCUT2D eigenvalue weighted by molar-refractivity contribution is 9.10. The van der Waals surface area contributed by atoms with Crippen LogP contribution in [0.15, 0.2) is 53.0 Å². The fourth-order valence-corrected chi connectivity index (χ4v) is 3.68. The molecule has 2 aromatic carbocycles. The van der Waals surface area contributed by atoms with Crippen LogP contribution in [-0.2, 0) is 0 Å². The van der Waals surface area contributed by atoms with Gasteiger partial charge in [0.1, 0.15) is 5.82 Å². The average Bonchev–Trinajstić information content (AvgIpc) is 2.42. The molecule has 0 unspecified atom stereocenters. The molecule has 21 heavy (non-hydrogen) atoms. The van der Waals surface area contributed by atoms with Gasteiger partial charge >= 0.3 is 0 Å². The molecule has 0 amide bonds. The summed E-state index contributed by atoms with van der Waals surface area (Å²) in [5.41, 5.74) is 2.41. The predicted octanol–water partition coefficient (Wildman–Crippen LogP) is 5.19. The van der Waals surface area contributed by atoms with Crippen molar-refractivity contribution in [1.29, 1.82) is 0 Å². The average molecular weight is 348 g/mol. The van der Waals surface area contributed by atoms with E-state index in [1.807, 2.05) is 12.1 Å². The lowest BCUT2D eigenvalue weighted by molar-refractivity contribution is 0.270. The summed E-state index contributed by atoms with van der Waals surface area (Å²) < 4.78 is 14.4. The summed E-state index contributed by atoms with van der Waals surface area (Å²) >= 11 is 3.60. The summed E-state index contributed by atoms with van der Waals surface area (Å²) in [5.74, 6) is 0.357. The molecule has 0 heterocycles. The number of nitrogens with one attached hydrogen (secondary N) is 1. The van der Waals surface area contributed by atoms with Gasteiger partial charge in [0, 0.05) is 16.6 Å². The van der Waals surface area contributed by atoms with Crippen molar-refractivity contribution >= 4 is 15.9 Å². The number of benzene rings is 2. The normalized spacial score (nSPS) is 22.6. The second-order valence-electron chi connectivity index (χ2n) is 5.83. The first-order chi connectivity index (χ1) is 10.1. The first-order valence-electron chi connectivity index (χ1n) is 7.39. The van der Waals surface area contributed by atoms with Gasteiger partial charge in [-0.3, -0.25) is 0 Å². The van der Waals surface area contributed by atoms with Crippen LogP contribution in [0, 0.1) is 5.82 Å². The van der Waals surface area contributed by atoms with Gasteiger partial charge in [0.25, 0.3) is 0 Å². The van der Waals surface area contributed by atoms with Crippen LogP contribution >= 0.6 is 15.9 Å². The topological polar surface area (TPSA) is 12.0 Å². The fraction of sp³-hybridized carbons (Fsp3) is 0.333. The van der Waals surface area contributed by atoms with Crippen molar-refractivity contribution in [2.75, 3.05) is 0 Å². The van der Waals surface area contributed by atoms with Gasteiger partial charge in [-0.25, -0.2) is 4.39 Å². The Morgan fingerprint density at radius 1 is 1.14 bits per heavy atom. The molecule has 2 aromatic rings. The van der Waals surface area contributed by atoms with Crippen LogP contribution < -0.4 is 5.32 Å². The molecule has 0 bridgehead atoms. The Bertz CT molecular complexity index is 622. The lowest BCUT2D eigenvalue weighted by Gasteiger charge is -2.38. The molecule has 110 valence electrons. The number of halogens is 2. The highest BCUT2D eigenvalue weighted by Crippen LogP contribution is 2.38. The molecule has 1 nitrogen and oxygen atoms in total. The second-order valence-corrected chi connectivity index (χ2v) is 6.68. The molecular formula is C18H19BrFN. The van der Waals surface area contributed by atoms with Crippen molar-refractivity contribution in [1.82, 2.24) is 5.32 Å². The van der Waals surface area contributed by atoms with Gasteiger partial charge in [-0.2, -0.15) is 0 Å². The van der Waals surface area contributed by atoms with Crippen LogP contribution in [0.1, 0.15) is 42.9 Å². The zero-order valence-corrected chi connectivity index (χ0v) is 13.6. The van der Waals surface area contributed by atoms with E-state index < -0.39 is 0 Å². The SMILES string of the molecule is C[C@H](NC1CC(c2cccc(F)c2)C1)c1ccccc1Br. The summed E-state index contributed by atoms with van der Waals surface area (Å²) in [6, 6.07) is 16.1. The van der Waals surface area contributed by atoms with E-state index in [4.69, 9.17) is 0 Å². The largest absolute Gasteiger partial charge is 0.307 e. The molecule has 3 rings (SSSR count). The van der Waals surface area contributed by atoms with E-state index in [2.05, 4.69) is 46.4 Å². The van der Waals surface area contributed by atoms with Crippen LogP contribution in [0.4, 0.5) is 4.39 Å². The Balaban J connectivity index is 1.56. The summed E-state index contributed by atoms with van der Waals surface area (Å²) in [4.78, 5) is 0. The van der Waals surface area contributed by atoms with Crippen molar-refractivity contribution in [2.45, 2.75) is 37.8 Å². The molecule has 0 aliphatic heterocycles. The molecule has 1 atom stereocenters. The minimum absolute atomic E-state index is 0.134. The molecule has 1 aliphatic carbocycles. The molecular weight excluding hydrogens is 329 g/mol. The second kappa shape index (κ2) is 6.29. The summed E-state index contributed by atoms with van der Waals surface area (Å²) in [7, 11) is 0. The third-order valence-corrected chi connectivity index (χ3v) is 5.04. The third kappa shape index (κ3) is 3.35. The number of hydrogen-bond acceptors (Lipinski definition) is 1. The van der Waals surface area contributed by atoms with Crippen LogP contribution in [0.2, 0.25) is 0 Å². The van der Waals surface area contributed by atoms with Gasteiger partial charge in [0.2, 0.25) is 0 Å². The zero-order valence-electron chi connectivity index (χ0n) is 12.0. The quantitative estimate of drug-likeness (QED) is 0.802. The van der Waals surface area contributed by atoms with Crippen LogP contribution in [0.5, 0.6) is 0 Å². The van der Waals surface area contributed by atoms with Crippen molar-refractivity contribution in [3.63, 3.8) is 0 Å². The van der Waals surface area contributed by atoms with E-state index in [1.165, 1.54) is 11.6 Å². The Hall–Kier alpha value is -1.19. The van der Waals surface area contributed by atoms with Crippen molar-refractivity contribution in [3.05, 3.63) is 69.9 Å². The summed E-state index contributed by atoms with van der Waals surface area (Å²) in [6.07, 6.45) is 2.16. The molecule has 0 radical (unpaired) electrons. The van der Waals surface area contributed by atoms with Crippen molar-refractivity contribution in [3.8, 4) is 0 Å².